The Morgan fingerprint density at radius 3 is 2.19 bits per heavy atom. The molecule has 0 saturated carbocycles. The first kappa shape index (κ1) is 31.5. The second-order valence-electron chi connectivity index (χ2n) is 8.45. The molecule has 0 aliphatic rings. The number of carbonyl (C=O) groups is 3. The van der Waals surface area contributed by atoms with E-state index in [4.69, 9.17) is 23.8 Å². The van der Waals surface area contributed by atoms with Crippen LogP contribution in [0.2, 0.25) is 0 Å². The molecule has 1 atom stereocenters. The minimum atomic E-state index is -1.28. The van der Waals surface area contributed by atoms with Gasteiger partial charge < -0.3 is 23.8 Å². The second-order valence-corrected chi connectivity index (χ2v) is 9.90. The van der Waals surface area contributed by atoms with Gasteiger partial charge in [0.15, 0.2) is 0 Å². The molecule has 36 heavy (non-hydrogen) atoms. The van der Waals surface area contributed by atoms with Crippen molar-refractivity contribution < 1.29 is 32.9 Å². The standard InChI is InChI=1S/C25H38N3O7P/c1-18(2)28(19(3)4)36(35-17-11-15-26)34-16-9-7-8-14-22(29)27-21-13-10-12-20(24(30)32-5)23(21)25(31)33-6/h10,12-13,18-19H,7-9,11,14,16-17H2,1-6H3,(H,27,29). The van der Waals surface area contributed by atoms with Crippen molar-refractivity contribution in [2.45, 2.75) is 71.9 Å². The quantitative estimate of drug-likeness (QED) is 0.180. The minimum absolute atomic E-state index is 0.0182. The van der Waals surface area contributed by atoms with Crippen molar-refractivity contribution in [2.24, 2.45) is 0 Å². The third-order valence-corrected chi connectivity index (χ3v) is 7.15. The smallest absolute Gasteiger partial charge is 0.340 e. The molecule has 1 aromatic rings. The monoisotopic (exact) mass is 523 g/mol. The fourth-order valence-corrected chi connectivity index (χ4v) is 5.12. The number of carbonyl (C=O) groups excluding carboxylic acids is 3. The third-order valence-electron chi connectivity index (χ3n) is 5.05. The van der Waals surface area contributed by atoms with Crippen LogP contribution in [-0.2, 0) is 23.3 Å². The average Bonchev–Trinajstić information content (AvgIpc) is 2.84. The summed E-state index contributed by atoms with van der Waals surface area (Å²) in [5, 5.41) is 11.5. The Kier molecular flexibility index (Phi) is 14.8. The average molecular weight is 524 g/mol. The van der Waals surface area contributed by atoms with E-state index in [1.807, 2.05) is 0 Å². The lowest BCUT2D eigenvalue weighted by atomic mass is 10.0. The van der Waals surface area contributed by atoms with Gasteiger partial charge in [0.2, 0.25) is 5.91 Å². The van der Waals surface area contributed by atoms with E-state index < -0.39 is 20.5 Å². The predicted molar refractivity (Wildman–Crippen MR) is 137 cm³/mol. The van der Waals surface area contributed by atoms with E-state index >= 15 is 0 Å². The van der Waals surface area contributed by atoms with E-state index in [9.17, 15) is 14.4 Å². The number of anilines is 1. The molecule has 0 bridgehead atoms. The van der Waals surface area contributed by atoms with Crippen LogP contribution in [0.4, 0.5) is 5.69 Å². The topological polar surface area (TPSA) is 127 Å². The second kappa shape index (κ2) is 17.0. The summed E-state index contributed by atoms with van der Waals surface area (Å²) in [5.74, 6) is -1.72. The first-order valence-corrected chi connectivity index (χ1v) is 13.1. The van der Waals surface area contributed by atoms with Crippen molar-refractivity contribution in [1.82, 2.24) is 4.67 Å². The summed E-state index contributed by atoms with van der Waals surface area (Å²) in [6.07, 6.45) is 2.65. The van der Waals surface area contributed by atoms with Crippen molar-refractivity contribution >= 4 is 32.1 Å². The lowest BCUT2D eigenvalue weighted by Gasteiger charge is -2.35. The van der Waals surface area contributed by atoms with E-state index in [1.54, 1.807) is 6.07 Å². The number of benzene rings is 1. The fraction of sp³-hybridized carbons (Fsp3) is 0.600. The third kappa shape index (κ3) is 10.2. The number of amides is 1. The number of hydrogen-bond donors (Lipinski definition) is 1. The molecule has 0 saturated heterocycles. The zero-order valence-electron chi connectivity index (χ0n) is 22.0. The molecular weight excluding hydrogens is 485 g/mol. The molecule has 0 heterocycles. The number of nitrogens with zero attached hydrogens (tertiary/aromatic N) is 2. The molecule has 200 valence electrons. The highest BCUT2D eigenvalue weighted by molar-refractivity contribution is 7.44. The molecule has 1 N–H and O–H groups in total. The highest BCUT2D eigenvalue weighted by Crippen LogP contribution is 2.46. The van der Waals surface area contributed by atoms with Gasteiger partial charge in [-0.05, 0) is 52.7 Å². The van der Waals surface area contributed by atoms with Crippen LogP contribution in [0, 0.1) is 11.3 Å². The maximum Gasteiger partial charge on any atom is 0.340 e. The number of nitrogens with one attached hydrogen (secondary N) is 1. The fourth-order valence-electron chi connectivity index (χ4n) is 3.49. The Balaban J connectivity index is 2.61. The van der Waals surface area contributed by atoms with Crippen LogP contribution in [0.15, 0.2) is 18.2 Å². The van der Waals surface area contributed by atoms with E-state index in [0.29, 0.717) is 26.1 Å². The van der Waals surface area contributed by atoms with Crippen molar-refractivity contribution in [3.8, 4) is 6.07 Å². The number of esters is 2. The maximum atomic E-state index is 12.5. The van der Waals surface area contributed by atoms with Gasteiger partial charge in [-0.3, -0.25) is 4.79 Å². The van der Waals surface area contributed by atoms with Gasteiger partial charge in [0.25, 0.3) is 8.53 Å². The van der Waals surface area contributed by atoms with Crippen molar-refractivity contribution in [1.29, 1.82) is 5.26 Å². The first-order chi connectivity index (χ1) is 17.2. The van der Waals surface area contributed by atoms with Crippen LogP contribution in [0.5, 0.6) is 0 Å². The van der Waals surface area contributed by atoms with Crippen LogP contribution >= 0.6 is 8.53 Å². The highest BCUT2D eigenvalue weighted by Gasteiger charge is 2.27. The van der Waals surface area contributed by atoms with Gasteiger partial charge >= 0.3 is 11.9 Å². The first-order valence-electron chi connectivity index (χ1n) is 12.0. The summed E-state index contributed by atoms with van der Waals surface area (Å²) >= 11 is 0. The Bertz CT molecular complexity index is 894. The largest absolute Gasteiger partial charge is 0.465 e. The number of nitriles is 1. The lowest BCUT2D eigenvalue weighted by molar-refractivity contribution is -0.116. The molecule has 0 radical (unpaired) electrons. The summed E-state index contributed by atoms with van der Waals surface area (Å²) in [6.45, 7) is 9.12. The molecule has 0 aromatic heterocycles. The molecular formula is C25H38N3O7P. The van der Waals surface area contributed by atoms with E-state index in [0.717, 1.165) is 12.8 Å². The van der Waals surface area contributed by atoms with Gasteiger partial charge in [-0.2, -0.15) is 5.26 Å². The molecule has 0 spiro atoms. The molecule has 0 aliphatic carbocycles. The van der Waals surface area contributed by atoms with Crippen molar-refractivity contribution in [3.05, 3.63) is 29.3 Å². The minimum Gasteiger partial charge on any atom is -0.465 e. The number of hydrogen-bond acceptors (Lipinski definition) is 9. The Hall–Kier alpha value is -2.57. The van der Waals surface area contributed by atoms with Crippen LogP contribution in [0.25, 0.3) is 0 Å². The summed E-state index contributed by atoms with van der Waals surface area (Å²) in [6, 6.07) is 7.07. The van der Waals surface area contributed by atoms with E-state index in [-0.39, 0.29) is 41.2 Å². The maximum absolute atomic E-state index is 12.5. The normalized spacial score (nSPS) is 11.9. The summed E-state index contributed by atoms with van der Waals surface area (Å²) < 4.78 is 23.6. The Morgan fingerprint density at radius 1 is 0.972 bits per heavy atom. The van der Waals surface area contributed by atoms with Crippen LogP contribution in [0.1, 0.15) is 80.5 Å². The Morgan fingerprint density at radius 2 is 1.61 bits per heavy atom. The van der Waals surface area contributed by atoms with Gasteiger partial charge in [-0.1, -0.05) is 12.5 Å². The van der Waals surface area contributed by atoms with Crippen LogP contribution in [-0.4, -0.2) is 62.0 Å². The zero-order chi connectivity index (χ0) is 27.1. The van der Waals surface area contributed by atoms with E-state index in [1.165, 1.54) is 26.4 Å². The van der Waals surface area contributed by atoms with Gasteiger partial charge in [0.1, 0.15) is 0 Å². The van der Waals surface area contributed by atoms with Gasteiger partial charge in [0.05, 0.1) is 56.7 Å². The summed E-state index contributed by atoms with van der Waals surface area (Å²) in [4.78, 5) is 36.8. The SMILES string of the molecule is COC(=O)c1cccc(NC(=O)CCCCCOP(OCCC#N)N(C(C)C)C(C)C)c1C(=O)OC. The summed E-state index contributed by atoms with van der Waals surface area (Å²) in [7, 11) is 1.13. The van der Waals surface area contributed by atoms with Crippen LogP contribution < -0.4 is 5.32 Å². The van der Waals surface area contributed by atoms with Gasteiger partial charge in [0, 0.05) is 18.5 Å². The molecule has 11 heteroatoms. The summed E-state index contributed by atoms with van der Waals surface area (Å²) in [5.41, 5.74) is 0.170. The number of rotatable bonds is 16. The zero-order valence-corrected chi connectivity index (χ0v) is 22.9. The van der Waals surface area contributed by atoms with Crippen molar-refractivity contribution in [2.75, 3.05) is 32.8 Å². The molecule has 0 aliphatic heterocycles. The molecule has 10 nitrogen and oxygen atoms in total. The molecule has 1 unspecified atom stereocenters. The number of ether oxygens (including phenoxy) is 2. The van der Waals surface area contributed by atoms with Gasteiger partial charge in [-0.15, -0.1) is 0 Å². The molecule has 1 aromatic carbocycles. The van der Waals surface area contributed by atoms with Crippen LogP contribution in [0.3, 0.4) is 0 Å². The number of unbranched alkanes of at least 4 members (excludes halogenated alkanes) is 2. The highest BCUT2D eigenvalue weighted by atomic mass is 31.2. The van der Waals surface area contributed by atoms with Crippen molar-refractivity contribution in [3.63, 3.8) is 0 Å². The number of methoxy groups -OCH3 is 2. The van der Waals surface area contributed by atoms with E-state index in [2.05, 4.69) is 43.8 Å². The molecule has 1 rings (SSSR count). The molecule has 0 fully saturated rings. The Labute approximate surface area is 215 Å². The molecule has 1 amide bonds. The predicted octanol–water partition coefficient (Wildman–Crippen LogP) is 5.05. The van der Waals surface area contributed by atoms with Gasteiger partial charge in [-0.25, -0.2) is 14.3 Å². The lowest BCUT2D eigenvalue weighted by Crippen LogP contribution is -2.33.